The van der Waals surface area contributed by atoms with Crippen molar-refractivity contribution in [1.82, 2.24) is 5.43 Å². The molecule has 140 valence electrons. The van der Waals surface area contributed by atoms with Gasteiger partial charge in [-0.25, -0.2) is 5.43 Å². The molecular formula is C21H21BrN2O3. The van der Waals surface area contributed by atoms with Crippen molar-refractivity contribution >= 4 is 28.1 Å². The van der Waals surface area contributed by atoms with Crippen LogP contribution < -0.4 is 14.9 Å². The molecule has 1 amide bonds. The smallest absolute Gasteiger partial charge is 0.277 e. The van der Waals surface area contributed by atoms with Crippen LogP contribution in [0.2, 0.25) is 0 Å². The Labute approximate surface area is 167 Å². The van der Waals surface area contributed by atoms with Crippen LogP contribution in [0, 0.1) is 12.3 Å². The fraction of sp³-hybridized carbons (Fsp3) is 0.238. The molecule has 0 spiro atoms. The number of benzene rings is 2. The largest absolute Gasteiger partial charge is 0.484 e. The highest BCUT2D eigenvalue weighted by molar-refractivity contribution is 9.10. The molecule has 0 saturated carbocycles. The zero-order chi connectivity index (χ0) is 19.6. The zero-order valence-corrected chi connectivity index (χ0v) is 16.8. The van der Waals surface area contributed by atoms with E-state index in [1.54, 1.807) is 6.07 Å². The third-order valence-electron chi connectivity index (χ3n) is 3.59. The minimum atomic E-state index is -0.361. The summed E-state index contributed by atoms with van der Waals surface area (Å²) in [6.07, 6.45) is 6.70. The van der Waals surface area contributed by atoms with E-state index < -0.39 is 0 Å². The maximum Gasteiger partial charge on any atom is 0.277 e. The van der Waals surface area contributed by atoms with Crippen LogP contribution in [0.25, 0.3) is 0 Å². The number of carbonyl (C=O) groups excluding carboxylic acids is 1. The molecule has 0 aliphatic rings. The van der Waals surface area contributed by atoms with Crippen molar-refractivity contribution in [2.75, 3.05) is 13.2 Å². The van der Waals surface area contributed by atoms with Gasteiger partial charge >= 0.3 is 0 Å². The monoisotopic (exact) mass is 428 g/mol. The molecule has 0 heterocycles. The van der Waals surface area contributed by atoms with E-state index in [2.05, 4.69) is 46.2 Å². The van der Waals surface area contributed by atoms with Crippen LogP contribution in [-0.4, -0.2) is 25.3 Å². The van der Waals surface area contributed by atoms with E-state index in [1.165, 1.54) is 11.8 Å². The average molecular weight is 429 g/mol. The van der Waals surface area contributed by atoms with Gasteiger partial charge in [0, 0.05) is 10.0 Å². The summed E-state index contributed by atoms with van der Waals surface area (Å²) < 4.78 is 11.8. The minimum absolute atomic E-state index is 0.128. The van der Waals surface area contributed by atoms with Crippen LogP contribution in [0.1, 0.15) is 30.9 Å². The molecule has 2 rings (SSSR count). The summed E-state index contributed by atoms with van der Waals surface area (Å²) in [5.41, 5.74) is 4.33. The first-order valence-electron chi connectivity index (χ1n) is 8.40. The van der Waals surface area contributed by atoms with E-state index in [9.17, 15) is 4.79 Å². The Morgan fingerprint density at radius 3 is 2.67 bits per heavy atom. The first kappa shape index (κ1) is 20.5. The van der Waals surface area contributed by atoms with Crippen LogP contribution in [-0.2, 0) is 4.79 Å². The Bertz CT molecular complexity index is 839. The van der Waals surface area contributed by atoms with Crippen LogP contribution in [0.4, 0.5) is 0 Å². The van der Waals surface area contributed by atoms with Crippen molar-refractivity contribution < 1.29 is 14.3 Å². The van der Waals surface area contributed by atoms with Crippen LogP contribution in [0.15, 0.2) is 52.0 Å². The number of halogens is 1. The first-order chi connectivity index (χ1) is 13.0. The van der Waals surface area contributed by atoms with Crippen LogP contribution in [0.3, 0.4) is 0 Å². The standard InChI is InChI=1S/C21H21BrN2O3/c1-4-11-26-20-10-7-18(22)12-17(20)13-23-24-21(25)14-27-19-8-5-16(6-9-19)15(2)3/h1,5-10,12-13,15H,11,14H2,2-3H3,(H,24,25). The minimum Gasteiger partial charge on any atom is -0.484 e. The third-order valence-corrected chi connectivity index (χ3v) is 4.09. The van der Waals surface area contributed by atoms with Gasteiger partial charge in [0.25, 0.3) is 5.91 Å². The number of nitrogens with zero attached hydrogens (tertiary/aromatic N) is 1. The van der Waals surface area contributed by atoms with Crippen molar-refractivity contribution in [2.24, 2.45) is 5.10 Å². The number of amides is 1. The molecule has 6 heteroatoms. The summed E-state index contributed by atoms with van der Waals surface area (Å²) in [7, 11) is 0. The highest BCUT2D eigenvalue weighted by atomic mass is 79.9. The van der Waals surface area contributed by atoms with E-state index in [0.717, 1.165) is 4.47 Å². The lowest BCUT2D eigenvalue weighted by atomic mass is 10.0. The molecule has 1 N–H and O–H groups in total. The van der Waals surface area contributed by atoms with Crippen molar-refractivity contribution in [3.63, 3.8) is 0 Å². The normalized spacial score (nSPS) is 10.6. The third kappa shape index (κ3) is 6.80. The molecule has 0 aliphatic heterocycles. The van der Waals surface area contributed by atoms with Gasteiger partial charge in [-0.15, -0.1) is 6.42 Å². The molecular weight excluding hydrogens is 408 g/mol. The van der Waals surface area contributed by atoms with Gasteiger partial charge in [-0.05, 0) is 41.8 Å². The molecule has 2 aromatic carbocycles. The summed E-state index contributed by atoms with van der Waals surface area (Å²) >= 11 is 3.39. The number of nitrogens with one attached hydrogen (secondary N) is 1. The van der Waals surface area contributed by atoms with Crippen molar-refractivity contribution in [3.8, 4) is 23.8 Å². The highest BCUT2D eigenvalue weighted by Crippen LogP contribution is 2.22. The molecule has 0 fully saturated rings. The highest BCUT2D eigenvalue weighted by Gasteiger charge is 2.05. The van der Waals surface area contributed by atoms with Gasteiger partial charge in [-0.2, -0.15) is 5.10 Å². The second-order valence-electron chi connectivity index (χ2n) is 5.98. The summed E-state index contributed by atoms with van der Waals surface area (Å²) in [5, 5.41) is 3.94. The Hall–Kier alpha value is -2.78. The quantitative estimate of drug-likeness (QED) is 0.390. The van der Waals surface area contributed by atoms with Gasteiger partial charge in [-0.1, -0.05) is 47.8 Å². The van der Waals surface area contributed by atoms with E-state index in [-0.39, 0.29) is 19.1 Å². The Morgan fingerprint density at radius 1 is 1.26 bits per heavy atom. The molecule has 0 aromatic heterocycles. The summed E-state index contributed by atoms with van der Waals surface area (Å²) in [5.74, 6) is 3.71. The summed E-state index contributed by atoms with van der Waals surface area (Å²) in [6, 6.07) is 13.1. The molecule has 2 aromatic rings. The lowest BCUT2D eigenvalue weighted by Gasteiger charge is -2.08. The number of hydrazone groups is 1. The first-order valence-corrected chi connectivity index (χ1v) is 9.19. The van der Waals surface area contributed by atoms with Crippen LogP contribution in [0.5, 0.6) is 11.5 Å². The fourth-order valence-corrected chi connectivity index (χ4v) is 2.55. The molecule has 0 bridgehead atoms. The number of hydrogen-bond acceptors (Lipinski definition) is 4. The van der Waals surface area contributed by atoms with Crippen molar-refractivity contribution in [3.05, 3.63) is 58.1 Å². The lowest BCUT2D eigenvalue weighted by molar-refractivity contribution is -0.123. The molecule has 0 atom stereocenters. The molecule has 0 unspecified atom stereocenters. The van der Waals surface area contributed by atoms with Gasteiger partial charge in [0.2, 0.25) is 0 Å². The maximum atomic E-state index is 11.9. The van der Waals surface area contributed by atoms with Gasteiger partial charge in [0.05, 0.1) is 6.21 Å². The summed E-state index contributed by atoms with van der Waals surface area (Å²) in [4.78, 5) is 11.9. The Morgan fingerprint density at radius 2 is 2.00 bits per heavy atom. The van der Waals surface area contributed by atoms with Crippen LogP contribution >= 0.6 is 15.9 Å². The zero-order valence-electron chi connectivity index (χ0n) is 15.2. The van der Waals surface area contributed by atoms with Gasteiger partial charge < -0.3 is 9.47 Å². The number of terminal acetylenes is 1. The van der Waals surface area contributed by atoms with Gasteiger partial charge in [-0.3, -0.25) is 4.79 Å². The summed E-state index contributed by atoms with van der Waals surface area (Å²) in [6.45, 7) is 4.26. The van der Waals surface area contributed by atoms with E-state index in [4.69, 9.17) is 15.9 Å². The Kier molecular flexibility index (Phi) is 7.90. The molecule has 5 nitrogen and oxygen atoms in total. The van der Waals surface area contributed by atoms with E-state index >= 15 is 0 Å². The van der Waals surface area contributed by atoms with Crippen molar-refractivity contribution in [1.29, 1.82) is 0 Å². The topological polar surface area (TPSA) is 59.9 Å². The lowest BCUT2D eigenvalue weighted by Crippen LogP contribution is -2.24. The molecule has 0 radical (unpaired) electrons. The van der Waals surface area contributed by atoms with E-state index in [1.807, 2.05) is 36.4 Å². The molecule has 27 heavy (non-hydrogen) atoms. The number of ether oxygens (including phenoxy) is 2. The maximum absolute atomic E-state index is 11.9. The van der Waals surface area contributed by atoms with Gasteiger partial charge in [0.15, 0.2) is 6.61 Å². The number of carbonyl (C=O) groups is 1. The molecule has 0 saturated heterocycles. The molecule has 0 aliphatic carbocycles. The second-order valence-corrected chi connectivity index (χ2v) is 6.90. The van der Waals surface area contributed by atoms with E-state index in [0.29, 0.717) is 23.0 Å². The number of rotatable bonds is 8. The number of hydrogen-bond donors (Lipinski definition) is 1. The van der Waals surface area contributed by atoms with Crippen molar-refractivity contribution in [2.45, 2.75) is 19.8 Å². The fourth-order valence-electron chi connectivity index (χ4n) is 2.17. The predicted octanol–water partition coefficient (Wildman–Crippen LogP) is 4.11. The average Bonchev–Trinajstić information content (AvgIpc) is 2.66. The Balaban J connectivity index is 1.88. The SMILES string of the molecule is C#CCOc1ccc(Br)cc1C=NNC(=O)COc1ccc(C(C)C)cc1. The predicted molar refractivity (Wildman–Crippen MR) is 110 cm³/mol. The second kappa shape index (κ2) is 10.4. The van der Waals surface area contributed by atoms with Gasteiger partial charge in [0.1, 0.15) is 18.1 Å².